The van der Waals surface area contributed by atoms with Crippen LogP contribution in [0.25, 0.3) is 10.6 Å². The van der Waals surface area contributed by atoms with Gasteiger partial charge in [-0.2, -0.15) is 0 Å². The Morgan fingerprint density at radius 1 is 1.07 bits per heavy atom. The Hall–Kier alpha value is -2.11. The van der Waals surface area contributed by atoms with Crippen molar-refractivity contribution in [3.8, 4) is 10.6 Å². The van der Waals surface area contributed by atoms with E-state index >= 15 is 0 Å². The van der Waals surface area contributed by atoms with Crippen molar-refractivity contribution in [3.05, 3.63) is 76.3 Å². The first-order valence-electron chi connectivity index (χ1n) is 9.59. The number of carbonyl (C=O) groups excluding carboxylic acids is 1. The maximum atomic E-state index is 12.1. The molecular weight excluding hydrogens is 384 g/mol. The Balaban J connectivity index is 1.44. The second-order valence-corrected chi connectivity index (χ2v) is 8.73. The predicted octanol–water partition coefficient (Wildman–Crippen LogP) is 5.27. The molecule has 28 heavy (non-hydrogen) atoms. The molecule has 3 rings (SSSR count). The third-order valence-corrected chi connectivity index (χ3v) is 6.90. The van der Waals surface area contributed by atoms with Crippen LogP contribution in [-0.4, -0.2) is 23.2 Å². The van der Waals surface area contributed by atoms with E-state index in [0.29, 0.717) is 12.3 Å². The van der Waals surface area contributed by atoms with E-state index in [1.807, 2.05) is 18.2 Å². The number of aromatic nitrogens is 1. The van der Waals surface area contributed by atoms with Gasteiger partial charge in [-0.05, 0) is 30.9 Å². The van der Waals surface area contributed by atoms with Crippen molar-refractivity contribution in [2.24, 2.45) is 0 Å². The summed E-state index contributed by atoms with van der Waals surface area (Å²) in [6.07, 6.45) is 1.91. The Morgan fingerprint density at radius 3 is 2.54 bits per heavy atom. The fourth-order valence-corrected chi connectivity index (χ4v) is 4.98. The minimum absolute atomic E-state index is 0.0958. The molecule has 0 saturated carbocycles. The molecular formula is C23H26N2OS2. The third-order valence-electron chi connectivity index (χ3n) is 4.55. The fraction of sp³-hybridized carbons (Fsp3) is 0.304. The normalized spacial score (nSPS) is 10.8. The van der Waals surface area contributed by atoms with Gasteiger partial charge in [0.2, 0.25) is 5.91 Å². The molecule has 0 spiro atoms. The topological polar surface area (TPSA) is 42.0 Å². The quantitative estimate of drug-likeness (QED) is 0.522. The van der Waals surface area contributed by atoms with E-state index in [2.05, 4.69) is 55.6 Å². The average Bonchev–Trinajstić information content (AvgIpc) is 3.09. The molecule has 0 saturated heterocycles. The maximum Gasteiger partial charge on any atom is 0.230 e. The number of hydrogen-bond acceptors (Lipinski definition) is 4. The number of hydrogen-bond donors (Lipinski definition) is 1. The van der Waals surface area contributed by atoms with Gasteiger partial charge in [0.15, 0.2) is 0 Å². The fourth-order valence-electron chi connectivity index (χ4n) is 2.85. The highest BCUT2D eigenvalue weighted by Gasteiger charge is 2.10. The molecule has 0 aliphatic heterocycles. The molecule has 3 aromatic rings. The monoisotopic (exact) mass is 410 g/mol. The largest absolute Gasteiger partial charge is 0.355 e. The summed E-state index contributed by atoms with van der Waals surface area (Å²) in [5.74, 6) is 1.40. The summed E-state index contributed by atoms with van der Waals surface area (Å²) in [6, 6.07) is 18.9. The van der Waals surface area contributed by atoms with Crippen LogP contribution in [0, 0.1) is 6.92 Å². The summed E-state index contributed by atoms with van der Waals surface area (Å²) in [5.41, 5.74) is 4.82. The number of aryl methyl sites for hydroxylation is 2. The lowest BCUT2D eigenvalue weighted by atomic mass is 10.1. The Kier molecular flexibility index (Phi) is 7.69. The molecule has 1 N–H and O–H groups in total. The third kappa shape index (κ3) is 5.94. The Morgan fingerprint density at radius 2 is 1.82 bits per heavy atom. The predicted molar refractivity (Wildman–Crippen MR) is 121 cm³/mol. The average molecular weight is 411 g/mol. The van der Waals surface area contributed by atoms with E-state index in [9.17, 15) is 4.79 Å². The summed E-state index contributed by atoms with van der Waals surface area (Å²) in [7, 11) is 0. The number of thioether (sulfide) groups is 1. The van der Waals surface area contributed by atoms with E-state index < -0.39 is 0 Å². The molecule has 0 atom stereocenters. The van der Waals surface area contributed by atoms with Crippen LogP contribution in [0.4, 0.5) is 0 Å². The molecule has 5 heteroatoms. The van der Waals surface area contributed by atoms with Crippen molar-refractivity contribution < 1.29 is 4.79 Å². The molecule has 2 aromatic carbocycles. The second-order valence-electron chi connectivity index (χ2n) is 6.66. The van der Waals surface area contributed by atoms with Crippen LogP contribution in [-0.2, 0) is 23.4 Å². The molecule has 0 aliphatic rings. The molecule has 0 unspecified atom stereocenters. The zero-order valence-electron chi connectivity index (χ0n) is 16.4. The molecule has 1 heterocycles. The highest BCUT2D eigenvalue weighted by Crippen LogP contribution is 2.30. The van der Waals surface area contributed by atoms with Crippen molar-refractivity contribution in [2.45, 2.75) is 32.4 Å². The molecule has 0 radical (unpaired) electrons. The number of rotatable bonds is 9. The van der Waals surface area contributed by atoms with Crippen LogP contribution < -0.4 is 5.32 Å². The molecule has 146 valence electrons. The SMILES string of the molecule is CCc1ccc(-c2nc(C)c(CSCC(=O)NCCc3ccccc3)s2)cc1. The first kappa shape index (κ1) is 20.6. The highest BCUT2D eigenvalue weighted by molar-refractivity contribution is 7.99. The van der Waals surface area contributed by atoms with Gasteiger partial charge in [0.05, 0.1) is 11.4 Å². The van der Waals surface area contributed by atoms with Gasteiger partial charge in [0.25, 0.3) is 0 Å². The molecule has 0 bridgehead atoms. The van der Waals surface area contributed by atoms with Gasteiger partial charge in [-0.15, -0.1) is 23.1 Å². The lowest BCUT2D eigenvalue weighted by Crippen LogP contribution is -2.27. The zero-order chi connectivity index (χ0) is 19.8. The van der Waals surface area contributed by atoms with Crippen molar-refractivity contribution in [3.63, 3.8) is 0 Å². The van der Waals surface area contributed by atoms with E-state index in [-0.39, 0.29) is 5.91 Å². The van der Waals surface area contributed by atoms with Gasteiger partial charge in [-0.1, -0.05) is 61.5 Å². The molecule has 1 aromatic heterocycles. The Bertz CT molecular complexity index is 889. The Labute approximate surface area is 175 Å². The standard InChI is InChI=1S/C23H26N2OS2/c1-3-18-9-11-20(12-10-18)23-25-17(2)21(28-23)15-27-16-22(26)24-14-13-19-7-5-4-6-8-19/h4-12H,3,13-16H2,1-2H3,(H,24,26). The van der Waals surface area contributed by atoms with Crippen LogP contribution in [0.5, 0.6) is 0 Å². The summed E-state index contributed by atoms with van der Waals surface area (Å²) >= 11 is 3.38. The number of nitrogens with zero attached hydrogens (tertiary/aromatic N) is 1. The van der Waals surface area contributed by atoms with Gasteiger partial charge < -0.3 is 5.32 Å². The molecule has 1 amide bonds. The van der Waals surface area contributed by atoms with Crippen molar-refractivity contribution in [1.29, 1.82) is 0 Å². The van der Waals surface area contributed by atoms with Gasteiger partial charge in [0.1, 0.15) is 5.01 Å². The van der Waals surface area contributed by atoms with Crippen LogP contribution in [0.2, 0.25) is 0 Å². The van der Waals surface area contributed by atoms with Crippen LogP contribution in [0.15, 0.2) is 54.6 Å². The van der Waals surface area contributed by atoms with Gasteiger partial charge in [-0.3, -0.25) is 4.79 Å². The maximum absolute atomic E-state index is 12.1. The zero-order valence-corrected chi connectivity index (χ0v) is 18.0. The highest BCUT2D eigenvalue weighted by atomic mass is 32.2. The lowest BCUT2D eigenvalue weighted by molar-refractivity contribution is -0.118. The van der Waals surface area contributed by atoms with Crippen LogP contribution >= 0.6 is 23.1 Å². The lowest BCUT2D eigenvalue weighted by Gasteiger charge is -2.05. The number of benzene rings is 2. The van der Waals surface area contributed by atoms with E-state index in [1.54, 1.807) is 23.1 Å². The first-order chi connectivity index (χ1) is 13.7. The second kappa shape index (κ2) is 10.4. The smallest absolute Gasteiger partial charge is 0.230 e. The molecule has 0 aliphatic carbocycles. The van der Waals surface area contributed by atoms with Crippen molar-refractivity contribution in [2.75, 3.05) is 12.3 Å². The minimum Gasteiger partial charge on any atom is -0.355 e. The number of amides is 1. The summed E-state index contributed by atoms with van der Waals surface area (Å²) < 4.78 is 0. The van der Waals surface area contributed by atoms with E-state index in [1.165, 1.54) is 21.6 Å². The minimum atomic E-state index is 0.0958. The van der Waals surface area contributed by atoms with Crippen LogP contribution in [0.1, 0.15) is 28.6 Å². The summed E-state index contributed by atoms with van der Waals surface area (Å²) in [4.78, 5) is 18.0. The van der Waals surface area contributed by atoms with Crippen molar-refractivity contribution in [1.82, 2.24) is 10.3 Å². The number of thiazole rings is 1. The van der Waals surface area contributed by atoms with Gasteiger partial charge in [-0.25, -0.2) is 4.98 Å². The van der Waals surface area contributed by atoms with Crippen LogP contribution in [0.3, 0.4) is 0 Å². The van der Waals surface area contributed by atoms with E-state index in [4.69, 9.17) is 4.98 Å². The molecule has 0 fully saturated rings. The summed E-state index contributed by atoms with van der Waals surface area (Å²) in [5, 5.41) is 4.06. The first-order valence-corrected chi connectivity index (χ1v) is 11.6. The molecule has 3 nitrogen and oxygen atoms in total. The van der Waals surface area contributed by atoms with Crippen molar-refractivity contribution >= 4 is 29.0 Å². The van der Waals surface area contributed by atoms with Gasteiger partial charge in [0, 0.05) is 22.7 Å². The number of carbonyl (C=O) groups is 1. The number of nitrogens with one attached hydrogen (secondary N) is 1. The van der Waals surface area contributed by atoms with Gasteiger partial charge >= 0.3 is 0 Å². The summed E-state index contributed by atoms with van der Waals surface area (Å²) in [6.45, 7) is 4.90. The van der Waals surface area contributed by atoms with E-state index in [0.717, 1.165) is 29.3 Å².